The van der Waals surface area contributed by atoms with Crippen molar-refractivity contribution in [2.24, 2.45) is 5.73 Å². The second kappa shape index (κ2) is 6.09. The number of carbonyl (C=O) groups is 1. The van der Waals surface area contributed by atoms with Crippen LogP contribution in [0.5, 0.6) is 0 Å². The molecule has 24 heavy (non-hydrogen) atoms. The number of nitrogens with zero attached hydrogens (tertiary/aromatic N) is 2. The van der Waals surface area contributed by atoms with Crippen molar-refractivity contribution < 1.29 is 13.2 Å². The number of aromatic nitrogens is 2. The highest BCUT2D eigenvalue weighted by atomic mass is 32.2. The van der Waals surface area contributed by atoms with Crippen LogP contribution < -0.4 is 5.73 Å². The standard InChI is InChI=1S/C17H17N3O3S/c1-2-24(22,23)14-6-3-12(4-7-14)10-20-11-19-15-9-13(17(18)21)5-8-16(15)20/h3-9,11H,2,10H2,1H3,(H2,18,21). The first-order valence-corrected chi connectivity index (χ1v) is 9.12. The molecule has 0 unspecified atom stereocenters. The van der Waals surface area contributed by atoms with E-state index in [0.717, 1.165) is 11.1 Å². The van der Waals surface area contributed by atoms with E-state index < -0.39 is 15.7 Å². The first-order valence-electron chi connectivity index (χ1n) is 7.47. The van der Waals surface area contributed by atoms with Gasteiger partial charge in [0, 0.05) is 12.1 Å². The second-order valence-electron chi connectivity index (χ2n) is 5.49. The minimum Gasteiger partial charge on any atom is -0.366 e. The summed E-state index contributed by atoms with van der Waals surface area (Å²) in [5, 5.41) is 0. The Morgan fingerprint density at radius 1 is 1.17 bits per heavy atom. The van der Waals surface area contributed by atoms with Crippen molar-refractivity contribution in [1.82, 2.24) is 9.55 Å². The predicted molar refractivity (Wildman–Crippen MR) is 91.5 cm³/mol. The topological polar surface area (TPSA) is 95.1 Å². The first-order chi connectivity index (χ1) is 11.4. The minimum atomic E-state index is -3.19. The molecule has 2 N–H and O–H groups in total. The number of primary amides is 1. The molecule has 0 bridgehead atoms. The summed E-state index contributed by atoms with van der Waals surface area (Å²) in [6, 6.07) is 12.0. The summed E-state index contributed by atoms with van der Waals surface area (Å²) in [6.07, 6.45) is 1.69. The summed E-state index contributed by atoms with van der Waals surface area (Å²) >= 11 is 0. The van der Waals surface area contributed by atoms with E-state index in [1.807, 2.05) is 4.57 Å². The van der Waals surface area contributed by atoms with Crippen molar-refractivity contribution >= 4 is 26.8 Å². The highest BCUT2D eigenvalue weighted by Gasteiger charge is 2.11. The van der Waals surface area contributed by atoms with E-state index in [1.54, 1.807) is 55.7 Å². The van der Waals surface area contributed by atoms with Crippen LogP contribution in [0.3, 0.4) is 0 Å². The fourth-order valence-electron chi connectivity index (χ4n) is 2.51. The van der Waals surface area contributed by atoms with Gasteiger partial charge in [-0.3, -0.25) is 4.79 Å². The Morgan fingerprint density at radius 3 is 2.50 bits per heavy atom. The maximum atomic E-state index is 11.8. The number of fused-ring (bicyclic) bond motifs is 1. The summed E-state index contributed by atoms with van der Waals surface area (Å²) in [7, 11) is -3.19. The lowest BCUT2D eigenvalue weighted by Gasteiger charge is -2.07. The zero-order chi connectivity index (χ0) is 17.3. The molecule has 0 aliphatic heterocycles. The molecular formula is C17H17N3O3S. The van der Waals surface area contributed by atoms with Gasteiger partial charge in [-0.05, 0) is 35.9 Å². The van der Waals surface area contributed by atoms with Crippen LogP contribution in [0.15, 0.2) is 53.7 Å². The minimum absolute atomic E-state index is 0.0840. The molecule has 1 aromatic heterocycles. The van der Waals surface area contributed by atoms with Crippen LogP contribution in [0.25, 0.3) is 11.0 Å². The van der Waals surface area contributed by atoms with E-state index in [4.69, 9.17) is 5.73 Å². The molecule has 1 heterocycles. The van der Waals surface area contributed by atoms with E-state index in [1.165, 1.54) is 0 Å². The van der Waals surface area contributed by atoms with Crippen LogP contribution in [-0.2, 0) is 16.4 Å². The molecule has 124 valence electrons. The van der Waals surface area contributed by atoms with E-state index in [9.17, 15) is 13.2 Å². The van der Waals surface area contributed by atoms with Gasteiger partial charge in [0.15, 0.2) is 9.84 Å². The molecule has 0 spiro atoms. The van der Waals surface area contributed by atoms with Crippen molar-refractivity contribution in [3.63, 3.8) is 0 Å². The van der Waals surface area contributed by atoms with Gasteiger partial charge in [0.25, 0.3) is 0 Å². The van der Waals surface area contributed by atoms with Crippen LogP contribution in [0.2, 0.25) is 0 Å². The Morgan fingerprint density at radius 2 is 1.88 bits per heavy atom. The van der Waals surface area contributed by atoms with E-state index in [0.29, 0.717) is 22.5 Å². The fraction of sp³-hybridized carbons (Fsp3) is 0.176. The van der Waals surface area contributed by atoms with Crippen molar-refractivity contribution in [3.8, 4) is 0 Å². The molecule has 0 atom stereocenters. The van der Waals surface area contributed by atoms with Crippen LogP contribution in [0.1, 0.15) is 22.8 Å². The van der Waals surface area contributed by atoms with Crippen molar-refractivity contribution in [3.05, 3.63) is 59.9 Å². The first kappa shape index (κ1) is 16.2. The smallest absolute Gasteiger partial charge is 0.248 e. The lowest BCUT2D eigenvalue weighted by Crippen LogP contribution is -2.10. The molecule has 0 radical (unpaired) electrons. The second-order valence-corrected chi connectivity index (χ2v) is 7.77. The molecule has 3 rings (SSSR count). The summed E-state index contributed by atoms with van der Waals surface area (Å²) in [6.45, 7) is 2.18. The van der Waals surface area contributed by atoms with E-state index >= 15 is 0 Å². The molecule has 0 saturated carbocycles. The maximum Gasteiger partial charge on any atom is 0.248 e. The van der Waals surface area contributed by atoms with Crippen molar-refractivity contribution in [2.45, 2.75) is 18.4 Å². The molecule has 0 aliphatic carbocycles. The lowest BCUT2D eigenvalue weighted by molar-refractivity contribution is 0.100. The number of rotatable bonds is 5. The van der Waals surface area contributed by atoms with Gasteiger partial charge in [-0.25, -0.2) is 13.4 Å². The van der Waals surface area contributed by atoms with Crippen LogP contribution in [0, 0.1) is 0 Å². The summed E-state index contributed by atoms with van der Waals surface area (Å²) in [4.78, 5) is 15.8. The Kier molecular flexibility index (Phi) is 4.11. The number of benzene rings is 2. The summed E-state index contributed by atoms with van der Waals surface area (Å²) in [5.74, 6) is -0.403. The number of nitrogens with two attached hydrogens (primary N) is 1. The van der Waals surface area contributed by atoms with Crippen LogP contribution >= 0.6 is 0 Å². The zero-order valence-corrected chi connectivity index (χ0v) is 14.0. The Balaban J connectivity index is 1.89. The number of imidazole rings is 1. The number of amides is 1. The van der Waals surface area contributed by atoms with Crippen LogP contribution in [-0.4, -0.2) is 29.6 Å². The average Bonchev–Trinajstić information content (AvgIpc) is 2.97. The molecule has 0 saturated heterocycles. The molecule has 3 aromatic rings. The van der Waals surface area contributed by atoms with E-state index in [-0.39, 0.29) is 5.75 Å². The fourth-order valence-corrected chi connectivity index (χ4v) is 3.39. The molecule has 0 aliphatic rings. The third kappa shape index (κ3) is 3.03. The third-order valence-electron chi connectivity index (χ3n) is 3.92. The normalized spacial score (nSPS) is 11.7. The lowest BCUT2D eigenvalue weighted by atomic mass is 10.2. The van der Waals surface area contributed by atoms with Gasteiger partial charge in [0.2, 0.25) is 5.91 Å². The molecule has 7 heteroatoms. The number of sulfone groups is 1. The largest absolute Gasteiger partial charge is 0.366 e. The van der Waals surface area contributed by atoms with Gasteiger partial charge in [-0.2, -0.15) is 0 Å². The van der Waals surface area contributed by atoms with Gasteiger partial charge >= 0.3 is 0 Å². The molecule has 0 fully saturated rings. The predicted octanol–water partition coefficient (Wildman–Crippen LogP) is 1.98. The number of hydrogen-bond acceptors (Lipinski definition) is 4. The van der Waals surface area contributed by atoms with Crippen molar-refractivity contribution in [1.29, 1.82) is 0 Å². The zero-order valence-electron chi connectivity index (χ0n) is 13.1. The monoisotopic (exact) mass is 343 g/mol. The SMILES string of the molecule is CCS(=O)(=O)c1ccc(Cn2cnc3cc(C(N)=O)ccc32)cc1. The number of carbonyl (C=O) groups excluding carboxylic acids is 1. The van der Waals surface area contributed by atoms with E-state index in [2.05, 4.69) is 4.98 Å². The molecular weight excluding hydrogens is 326 g/mol. The van der Waals surface area contributed by atoms with Gasteiger partial charge < -0.3 is 10.3 Å². The number of hydrogen-bond donors (Lipinski definition) is 1. The van der Waals surface area contributed by atoms with Crippen LogP contribution in [0.4, 0.5) is 0 Å². The Hall–Kier alpha value is -2.67. The van der Waals surface area contributed by atoms with Gasteiger partial charge in [0.1, 0.15) is 0 Å². The Bertz CT molecular complexity index is 1010. The quantitative estimate of drug-likeness (QED) is 0.766. The van der Waals surface area contributed by atoms with Gasteiger partial charge in [-0.15, -0.1) is 0 Å². The summed E-state index contributed by atoms with van der Waals surface area (Å²) < 4.78 is 25.6. The highest BCUT2D eigenvalue weighted by Crippen LogP contribution is 2.18. The van der Waals surface area contributed by atoms with Gasteiger partial charge in [-0.1, -0.05) is 19.1 Å². The maximum absolute atomic E-state index is 11.8. The van der Waals surface area contributed by atoms with Crippen molar-refractivity contribution in [2.75, 3.05) is 5.75 Å². The molecule has 1 amide bonds. The molecule has 2 aromatic carbocycles. The molecule has 6 nitrogen and oxygen atoms in total. The summed E-state index contributed by atoms with van der Waals surface area (Å²) in [5.41, 5.74) is 8.22. The highest BCUT2D eigenvalue weighted by molar-refractivity contribution is 7.91. The third-order valence-corrected chi connectivity index (χ3v) is 5.67. The Labute approximate surface area is 139 Å². The van der Waals surface area contributed by atoms with Gasteiger partial charge in [0.05, 0.1) is 28.0 Å². The average molecular weight is 343 g/mol.